The first kappa shape index (κ1) is 14.3. The Morgan fingerprint density at radius 1 is 1.10 bits per heavy atom. The van der Waals surface area contributed by atoms with Crippen LogP contribution in [0.5, 0.6) is 11.5 Å². The van der Waals surface area contributed by atoms with Gasteiger partial charge in [-0.15, -0.1) is 0 Å². The highest BCUT2D eigenvalue weighted by atomic mass is 16.5. The fourth-order valence-corrected chi connectivity index (χ4v) is 2.05. The zero-order chi connectivity index (χ0) is 14.4. The zero-order valence-corrected chi connectivity index (χ0v) is 12.3. The number of aryl methyl sites for hydroxylation is 1. The van der Waals surface area contributed by atoms with Gasteiger partial charge in [0.05, 0.1) is 25.4 Å². The molecule has 1 aromatic carbocycles. The van der Waals surface area contributed by atoms with Crippen LogP contribution >= 0.6 is 0 Å². The van der Waals surface area contributed by atoms with Gasteiger partial charge >= 0.3 is 0 Å². The van der Waals surface area contributed by atoms with Gasteiger partial charge in [0.1, 0.15) is 11.5 Å². The summed E-state index contributed by atoms with van der Waals surface area (Å²) < 4.78 is 13.3. The molecule has 1 N–H and O–H groups in total. The van der Waals surface area contributed by atoms with Gasteiger partial charge < -0.3 is 19.4 Å². The van der Waals surface area contributed by atoms with Crippen LogP contribution in [0.4, 0.5) is 5.69 Å². The molecule has 4 nitrogen and oxygen atoms in total. The van der Waals surface area contributed by atoms with Gasteiger partial charge in [-0.25, -0.2) is 0 Å². The molecular formula is C16H22N2O2. The number of nitrogens with one attached hydrogen (secondary N) is 1. The van der Waals surface area contributed by atoms with Crippen molar-refractivity contribution in [3.8, 4) is 11.5 Å². The number of hydrogen-bond donors (Lipinski definition) is 1. The Morgan fingerprint density at radius 2 is 1.90 bits per heavy atom. The standard InChI is InChI=1S/C16H22N2O2/c1-4-19-14-8-9-16(20-5-2)15(11-14)17-12-13-7-6-10-18(13)3/h6-11,17H,4-5,12H2,1-3H3. The molecule has 0 aliphatic carbocycles. The number of aromatic nitrogens is 1. The van der Waals surface area contributed by atoms with Crippen LogP contribution in [0.1, 0.15) is 19.5 Å². The van der Waals surface area contributed by atoms with Gasteiger partial charge in [-0.05, 0) is 38.1 Å². The summed E-state index contributed by atoms with van der Waals surface area (Å²) in [6.45, 7) is 6.02. The summed E-state index contributed by atoms with van der Waals surface area (Å²) in [6, 6.07) is 10.00. The number of nitrogens with zero attached hydrogens (tertiary/aromatic N) is 1. The Balaban J connectivity index is 2.14. The third-order valence-electron chi connectivity index (χ3n) is 3.07. The van der Waals surface area contributed by atoms with E-state index in [1.807, 2.05) is 51.4 Å². The molecule has 0 spiro atoms. The highest BCUT2D eigenvalue weighted by Gasteiger charge is 2.06. The van der Waals surface area contributed by atoms with Crippen LogP contribution in [0.15, 0.2) is 36.5 Å². The first-order chi connectivity index (χ1) is 9.74. The van der Waals surface area contributed by atoms with Crippen LogP contribution in [0.2, 0.25) is 0 Å². The number of ether oxygens (including phenoxy) is 2. The summed E-state index contributed by atoms with van der Waals surface area (Å²) in [5.41, 5.74) is 2.17. The third-order valence-corrected chi connectivity index (χ3v) is 3.07. The van der Waals surface area contributed by atoms with Crippen molar-refractivity contribution in [1.82, 2.24) is 4.57 Å². The third kappa shape index (κ3) is 3.47. The largest absolute Gasteiger partial charge is 0.494 e. The van der Waals surface area contributed by atoms with E-state index < -0.39 is 0 Å². The van der Waals surface area contributed by atoms with Crippen molar-refractivity contribution in [3.05, 3.63) is 42.2 Å². The molecule has 4 heteroatoms. The average molecular weight is 274 g/mol. The van der Waals surface area contributed by atoms with Crippen LogP contribution in [0, 0.1) is 0 Å². The predicted molar refractivity (Wildman–Crippen MR) is 81.5 cm³/mol. The van der Waals surface area contributed by atoms with Crippen molar-refractivity contribution in [1.29, 1.82) is 0 Å². The van der Waals surface area contributed by atoms with Gasteiger partial charge in [-0.1, -0.05) is 0 Å². The van der Waals surface area contributed by atoms with Crippen LogP contribution < -0.4 is 14.8 Å². The first-order valence-electron chi connectivity index (χ1n) is 6.98. The van der Waals surface area contributed by atoms with Crippen molar-refractivity contribution < 1.29 is 9.47 Å². The van der Waals surface area contributed by atoms with Gasteiger partial charge in [0, 0.05) is 25.0 Å². The normalized spacial score (nSPS) is 10.3. The minimum atomic E-state index is 0.646. The fourth-order valence-electron chi connectivity index (χ4n) is 2.05. The van der Waals surface area contributed by atoms with E-state index in [1.54, 1.807) is 0 Å². The van der Waals surface area contributed by atoms with E-state index in [0.29, 0.717) is 13.2 Å². The molecule has 0 fully saturated rings. The maximum absolute atomic E-state index is 5.65. The highest BCUT2D eigenvalue weighted by molar-refractivity contribution is 5.59. The fraction of sp³-hybridized carbons (Fsp3) is 0.375. The van der Waals surface area contributed by atoms with Crippen molar-refractivity contribution in [2.75, 3.05) is 18.5 Å². The van der Waals surface area contributed by atoms with Crippen LogP contribution in [-0.2, 0) is 13.6 Å². The zero-order valence-electron chi connectivity index (χ0n) is 12.3. The van der Waals surface area contributed by atoms with Crippen molar-refractivity contribution in [3.63, 3.8) is 0 Å². The second kappa shape index (κ2) is 6.89. The molecule has 108 valence electrons. The molecule has 0 bridgehead atoms. The monoisotopic (exact) mass is 274 g/mol. The van der Waals surface area contributed by atoms with E-state index in [1.165, 1.54) is 5.69 Å². The Hall–Kier alpha value is -2.10. The molecule has 2 rings (SSSR count). The molecule has 0 aliphatic rings. The van der Waals surface area contributed by atoms with Gasteiger partial charge in [0.25, 0.3) is 0 Å². The van der Waals surface area contributed by atoms with E-state index in [0.717, 1.165) is 23.7 Å². The van der Waals surface area contributed by atoms with Gasteiger partial charge in [-0.3, -0.25) is 0 Å². The van der Waals surface area contributed by atoms with E-state index in [-0.39, 0.29) is 0 Å². The molecule has 0 aliphatic heterocycles. The van der Waals surface area contributed by atoms with Crippen LogP contribution in [-0.4, -0.2) is 17.8 Å². The maximum atomic E-state index is 5.65. The molecule has 0 unspecified atom stereocenters. The number of rotatable bonds is 7. The predicted octanol–water partition coefficient (Wildman–Crippen LogP) is 3.43. The average Bonchev–Trinajstić information content (AvgIpc) is 2.85. The number of hydrogen-bond acceptors (Lipinski definition) is 3. The molecule has 1 heterocycles. The van der Waals surface area contributed by atoms with Crippen molar-refractivity contribution in [2.24, 2.45) is 7.05 Å². The molecule has 20 heavy (non-hydrogen) atoms. The van der Waals surface area contributed by atoms with Crippen molar-refractivity contribution in [2.45, 2.75) is 20.4 Å². The Morgan fingerprint density at radius 3 is 2.55 bits per heavy atom. The minimum Gasteiger partial charge on any atom is -0.494 e. The van der Waals surface area contributed by atoms with E-state index in [9.17, 15) is 0 Å². The van der Waals surface area contributed by atoms with Gasteiger partial charge in [-0.2, -0.15) is 0 Å². The van der Waals surface area contributed by atoms with Gasteiger partial charge in [0.2, 0.25) is 0 Å². The molecule has 0 radical (unpaired) electrons. The first-order valence-corrected chi connectivity index (χ1v) is 6.98. The maximum Gasteiger partial charge on any atom is 0.142 e. The molecule has 0 saturated carbocycles. The molecule has 0 amide bonds. The van der Waals surface area contributed by atoms with E-state index in [4.69, 9.17) is 9.47 Å². The molecule has 0 saturated heterocycles. The van der Waals surface area contributed by atoms with E-state index in [2.05, 4.69) is 16.0 Å². The SMILES string of the molecule is CCOc1ccc(OCC)c(NCc2cccn2C)c1. The van der Waals surface area contributed by atoms with Crippen LogP contribution in [0.25, 0.3) is 0 Å². The second-order valence-corrected chi connectivity index (χ2v) is 4.49. The number of benzene rings is 1. The Kier molecular flexibility index (Phi) is 4.93. The highest BCUT2D eigenvalue weighted by Crippen LogP contribution is 2.29. The molecule has 2 aromatic rings. The Labute approximate surface area is 120 Å². The lowest BCUT2D eigenvalue weighted by Gasteiger charge is -2.14. The summed E-state index contributed by atoms with van der Waals surface area (Å²) in [5.74, 6) is 1.70. The Bertz CT molecular complexity index is 549. The smallest absolute Gasteiger partial charge is 0.142 e. The molecule has 1 aromatic heterocycles. The minimum absolute atomic E-state index is 0.646. The molecular weight excluding hydrogens is 252 g/mol. The van der Waals surface area contributed by atoms with E-state index >= 15 is 0 Å². The van der Waals surface area contributed by atoms with Crippen molar-refractivity contribution >= 4 is 5.69 Å². The topological polar surface area (TPSA) is 35.4 Å². The van der Waals surface area contributed by atoms with Crippen LogP contribution in [0.3, 0.4) is 0 Å². The summed E-state index contributed by atoms with van der Waals surface area (Å²) in [7, 11) is 2.04. The second-order valence-electron chi connectivity index (χ2n) is 4.49. The lowest BCUT2D eigenvalue weighted by atomic mass is 10.2. The summed E-state index contributed by atoms with van der Waals surface area (Å²) in [6.07, 6.45) is 2.04. The lowest BCUT2D eigenvalue weighted by Crippen LogP contribution is -2.06. The lowest BCUT2D eigenvalue weighted by molar-refractivity contribution is 0.332. The quantitative estimate of drug-likeness (QED) is 0.840. The molecule has 0 atom stereocenters. The number of anilines is 1. The summed E-state index contributed by atoms with van der Waals surface area (Å²) >= 11 is 0. The summed E-state index contributed by atoms with van der Waals surface area (Å²) in [4.78, 5) is 0. The van der Waals surface area contributed by atoms with Gasteiger partial charge in [0.15, 0.2) is 0 Å². The summed E-state index contributed by atoms with van der Waals surface area (Å²) in [5, 5.41) is 3.41.